The van der Waals surface area contributed by atoms with Crippen LogP contribution in [0.4, 0.5) is 11.5 Å². The summed E-state index contributed by atoms with van der Waals surface area (Å²) < 4.78 is 9.19. The first-order chi connectivity index (χ1) is 15.2. The van der Waals surface area contributed by atoms with Crippen LogP contribution in [0.25, 0.3) is 22.3 Å². The Labute approximate surface area is 179 Å². The van der Waals surface area contributed by atoms with Crippen molar-refractivity contribution in [1.29, 1.82) is 5.53 Å². The number of anilines is 1. The van der Waals surface area contributed by atoms with Crippen LogP contribution in [0.5, 0.6) is 0 Å². The molecule has 160 valence electrons. The molecular formula is C21H24N8O2. The summed E-state index contributed by atoms with van der Waals surface area (Å²) in [5, 5.41) is 21.2. The Morgan fingerprint density at radius 2 is 2.16 bits per heavy atom. The number of ether oxygens (including phenoxy) is 1. The van der Waals surface area contributed by atoms with E-state index in [2.05, 4.69) is 25.5 Å². The van der Waals surface area contributed by atoms with Crippen molar-refractivity contribution in [1.82, 2.24) is 24.3 Å². The zero-order valence-electron chi connectivity index (χ0n) is 17.2. The van der Waals surface area contributed by atoms with Crippen LogP contribution in [-0.4, -0.2) is 42.6 Å². The number of aliphatic hydroxyl groups excluding tert-OH is 1. The second kappa shape index (κ2) is 9.45. The fourth-order valence-electron chi connectivity index (χ4n) is 3.36. The summed E-state index contributed by atoms with van der Waals surface area (Å²) >= 11 is 0. The number of rotatable bonds is 10. The van der Waals surface area contributed by atoms with Crippen LogP contribution in [-0.2, 0) is 24.6 Å². The lowest BCUT2D eigenvalue weighted by Crippen LogP contribution is -2.03. The van der Waals surface area contributed by atoms with Gasteiger partial charge in [-0.05, 0) is 36.8 Å². The van der Waals surface area contributed by atoms with Gasteiger partial charge in [0, 0.05) is 42.7 Å². The molecule has 10 nitrogen and oxygen atoms in total. The van der Waals surface area contributed by atoms with Crippen molar-refractivity contribution in [2.24, 2.45) is 5.11 Å². The smallest absolute Gasteiger partial charge is 0.154 e. The SMILES string of the molecule is CCOCn1cc(CNc2nc(-c3cnn(CCO)c3)ccc2N=N)c2cccnc21. The topological polar surface area (TPSA) is 126 Å². The molecule has 0 saturated heterocycles. The van der Waals surface area contributed by atoms with Gasteiger partial charge in [-0.3, -0.25) is 4.68 Å². The maximum Gasteiger partial charge on any atom is 0.154 e. The number of hydrogen-bond acceptors (Lipinski definition) is 8. The molecule has 0 aliphatic carbocycles. The Hall–Kier alpha value is -3.63. The molecule has 0 aliphatic rings. The lowest BCUT2D eigenvalue weighted by molar-refractivity contribution is 0.0904. The normalized spacial score (nSPS) is 11.2. The van der Waals surface area contributed by atoms with Crippen molar-refractivity contribution < 1.29 is 9.84 Å². The standard InChI is InChI=1S/C21H24N8O2/c1-2-31-14-28-12-15(17-4-3-7-23-21(17)28)10-24-20-19(27-22)6-5-18(26-20)16-11-25-29(13-16)8-9-30/h3-7,11-13,22,30H,2,8-10,14H2,1H3,(H,24,26). The van der Waals surface area contributed by atoms with Crippen LogP contribution in [0, 0.1) is 5.53 Å². The Kier molecular flexibility index (Phi) is 6.29. The van der Waals surface area contributed by atoms with E-state index in [9.17, 15) is 0 Å². The zero-order chi connectivity index (χ0) is 21.6. The molecule has 4 aromatic rings. The minimum absolute atomic E-state index is 0.0176. The third-order valence-electron chi connectivity index (χ3n) is 4.85. The van der Waals surface area contributed by atoms with Crippen LogP contribution in [0.15, 0.2) is 54.2 Å². The summed E-state index contributed by atoms with van der Waals surface area (Å²) in [6.45, 7) is 3.95. The van der Waals surface area contributed by atoms with Crippen molar-refractivity contribution in [3.8, 4) is 11.3 Å². The Bertz CT molecular complexity index is 1180. The van der Waals surface area contributed by atoms with Gasteiger partial charge in [0.15, 0.2) is 5.82 Å². The largest absolute Gasteiger partial charge is 0.394 e. The minimum atomic E-state index is 0.0176. The number of nitrogens with zero attached hydrogens (tertiary/aromatic N) is 6. The number of pyridine rings is 2. The maximum atomic E-state index is 9.08. The van der Waals surface area contributed by atoms with E-state index < -0.39 is 0 Å². The third kappa shape index (κ3) is 4.44. The van der Waals surface area contributed by atoms with Gasteiger partial charge in [-0.15, -0.1) is 0 Å². The van der Waals surface area contributed by atoms with Crippen LogP contribution in [0.1, 0.15) is 12.5 Å². The van der Waals surface area contributed by atoms with Gasteiger partial charge in [-0.2, -0.15) is 10.2 Å². The first kappa shape index (κ1) is 20.6. The highest BCUT2D eigenvalue weighted by Crippen LogP contribution is 2.28. The lowest BCUT2D eigenvalue weighted by Gasteiger charge is -2.09. The number of fused-ring (bicyclic) bond motifs is 1. The van der Waals surface area contributed by atoms with Gasteiger partial charge in [0.25, 0.3) is 0 Å². The van der Waals surface area contributed by atoms with E-state index in [-0.39, 0.29) is 6.61 Å². The van der Waals surface area contributed by atoms with Gasteiger partial charge in [-0.1, -0.05) is 0 Å². The fourth-order valence-corrected chi connectivity index (χ4v) is 3.36. The summed E-state index contributed by atoms with van der Waals surface area (Å²) in [6.07, 6.45) is 7.31. The molecule has 0 amide bonds. The predicted octanol–water partition coefficient (Wildman–Crippen LogP) is 3.56. The highest BCUT2D eigenvalue weighted by atomic mass is 16.5. The molecular weight excluding hydrogens is 396 g/mol. The fraction of sp³-hybridized carbons (Fsp3) is 0.286. The van der Waals surface area contributed by atoms with Crippen LogP contribution in [0.2, 0.25) is 0 Å². The van der Waals surface area contributed by atoms with Gasteiger partial charge < -0.3 is 19.7 Å². The number of nitrogens with one attached hydrogen (secondary N) is 2. The van der Waals surface area contributed by atoms with E-state index in [1.54, 1.807) is 29.2 Å². The molecule has 0 saturated carbocycles. The van der Waals surface area contributed by atoms with Crippen molar-refractivity contribution in [3.05, 3.63) is 54.6 Å². The second-order valence-corrected chi connectivity index (χ2v) is 6.87. The molecule has 0 spiro atoms. The van der Waals surface area contributed by atoms with E-state index in [1.807, 2.05) is 36.0 Å². The van der Waals surface area contributed by atoms with E-state index in [0.29, 0.717) is 43.6 Å². The third-order valence-corrected chi connectivity index (χ3v) is 4.85. The Balaban J connectivity index is 1.60. The maximum absolute atomic E-state index is 9.08. The number of aromatic nitrogens is 5. The van der Waals surface area contributed by atoms with Gasteiger partial charge in [0.1, 0.15) is 18.1 Å². The summed E-state index contributed by atoms with van der Waals surface area (Å²) in [4.78, 5) is 9.13. The molecule has 3 N–H and O–H groups in total. The predicted molar refractivity (Wildman–Crippen MR) is 116 cm³/mol. The molecule has 31 heavy (non-hydrogen) atoms. The molecule has 4 heterocycles. The van der Waals surface area contributed by atoms with E-state index >= 15 is 0 Å². The molecule has 10 heteroatoms. The van der Waals surface area contributed by atoms with Crippen LogP contribution >= 0.6 is 0 Å². The van der Waals surface area contributed by atoms with E-state index in [1.165, 1.54) is 0 Å². The lowest BCUT2D eigenvalue weighted by atomic mass is 10.2. The summed E-state index contributed by atoms with van der Waals surface area (Å²) in [5.41, 5.74) is 11.4. The van der Waals surface area contributed by atoms with Crippen molar-refractivity contribution in [3.63, 3.8) is 0 Å². The Morgan fingerprint density at radius 3 is 2.97 bits per heavy atom. The van der Waals surface area contributed by atoms with Gasteiger partial charge >= 0.3 is 0 Å². The van der Waals surface area contributed by atoms with Crippen molar-refractivity contribution >= 4 is 22.5 Å². The first-order valence-electron chi connectivity index (χ1n) is 10.00. The number of hydrogen-bond donors (Lipinski definition) is 3. The average Bonchev–Trinajstić information content (AvgIpc) is 3.41. The quantitative estimate of drug-likeness (QED) is 0.337. The van der Waals surface area contributed by atoms with Gasteiger partial charge in [0.05, 0.1) is 25.0 Å². The van der Waals surface area contributed by atoms with Gasteiger partial charge in [-0.25, -0.2) is 15.5 Å². The molecule has 4 aromatic heterocycles. The van der Waals surface area contributed by atoms with Crippen LogP contribution in [0.3, 0.4) is 0 Å². The molecule has 0 radical (unpaired) electrons. The van der Waals surface area contributed by atoms with Crippen molar-refractivity contribution in [2.45, 2.75) is 26.7 Å². The van der Waals surface area contributed by atoms with Crippen LogP contribution < -0.4 is 5.32 Å². The average molecular weight is 420 g/mol. The van der Waals surface area contributed by atoms with Gasteiger partial charge in [0.2, 0.25) is 0 Å². The summed E-state index contributed by atoms with van der Waals surface area (Å²) in [5.74, 6) is 0.511. The summed E-state index contributed by atoms with van der Waals surface area (Å²) in [6, 6.07) is 7.49. The molecule has 0 bridgehead atoms. The second-order valence-electron chi connectivity index (χ2n) is 6.87. The highest BCUT2D eigenvalue weighted by Gasteiger charge is 2.12. The molecule has 0 aromatic carbocycles. The molecule has 0 aliphatic heterocycles. The van der Waals surface area contributed by atoms with E-state index in [0.717, 1.165) is 22.2 Å². The number of aliphatic hydroxyl groups is 1. The molecule has 0 fully saturated rings. The molecule has 0 atom stereocenters. The monoisotopic (exact) mass is 420 g/mol. The zero-order valence-corrected chi connectivity index (χ0v) is 17.2. The van der Waals surface area contributed by atoms with Crippen molar-refractivity contribution in [2.75, 3.05) is 18.5 Å². The highest BCUT2D eigenvalue weighted by molar-refractivity contribution is 5.81. The Morgan fingerprint density at radius 1 is 1.26 bits per heavy atom. The minimum Gasteiger partial charge on any atom is -0.394 e. The molecule has 4 rings (SSSR count). The van der Waals surface area contributed by atoms with E-state index in [4.69, 9.17) is 15.4 Å². The summed E-state index contributed by atoms with van der Waals surface area (Å²) in [7, 11) is 0. The first-order valence-corrected chi connectivity index (χ1v) is 10.00. The molecule has 0 unspecified atom stereocenters.